The molecule has 4 atom stereocenters. The summed E-state index contributed by atoms with van der Waals surface area (Å²) in [6.07, 6.45) is 12.0. The Bertz CT molecular complexity index is 445. The highest BCUT2D eigenvalue weighted by molar-refractivity contribution is 6.07. The molecule has 4 heteroatoms. The summed E-state index contributed by atoms with van der Waals surface area (Å²) in [6, 6.07) is 0. The molecule has 0 aromatic rings. The van der Waals surface area contributed by atoms with Crippen LogP contribution in [-0.2, 0) is 14.3 Å². The molecule has 3 aliphatic heterocycles. The summed E-state index contributed by atoms with van der Waals surface area (Å²) in [7, 11) is 0. The first-order valence-electron chi connectivity index (χ1n) is 7.90. The summed E-state index contributed by atoms with van der Waals surface area (Å²) in [5.74, 6) is -0.870. The lowest BCUT2D eigenvalue weighted by atomic mass is 9.74. The average Bonchev–Trinajstić information content (AvgIpc) is 3.06. The fraction of sp³-hybridized carbons (Fsp3) is 0.750. The summed E-state index contributed by atoms with van der Waals surface area (Å²) in [5, 5.41) is 2.46. The largest absolute Gasteiger partial charge is 0.362 e. The van der Waals surface area contributed by atoms with Crippen molar-refractivity contribution in [3.63, 3.8) is 0 Å². The summed E-state index contributed by atoms with van der Waals surface area (Å²) in [4.78, 5) is 23.8. The predicted molar refractivity (Wildman–Crippen MR) is 74.9 cm³/mol. The van der Waals surface area contributed by atoms with Crippen molar-refractivity contribution in [1.82, 2.24) is 5.32 Å². The molecule has 2 fully saturated rings. The number of carbonyl (C=O) groups excluding carboxylic acids is 2. The molecule has 3 heterocycles. The smallest absolute Gasteiger partial charge is 0.233 e. The summed E-state index contributed by atoms with van der Waals surface area (Å²) < 4.78 is 6.00. The molecular formula is C16H23NO3. The molecule has 0 saturated carbocycles. The fourth-order valence-electron chi connectivity index (χ4n) is 3.90. The van der Waals surface area contributed by atoms with Gasteiger partial charge in [-0.1, -0.05) is 57.6 Å². The monoisotopic (exact) mass is 277 g/mol. The zero-order chi connectivity index (χ0) is 14.2. The number of unbranched alkanes of at least 4 members (excludes halogenated alkanes) is 5. The Hall–Kier alpha value is -1.16. The topological polar surface area (TPSA) is 55.4 Å². The van der Waals surface area contributed by atoms with Crippen LogP contribution in [-0.4, -0.2) is 23.5 Å². The van der Waals surface area contributed by atoms with Crippen LogP contribution in [0.5, 0.6) is 0 Å². The van der Waals surface area contributed by atoms with E-state index in [4.69, 9.17) is 4.74 Å². The van der Waals surface area contributed by atoms with Gasteiger partial charge in [0.05, 0.1) is 23.5 Å². The molecule has 2 amide bonds. The van der Waals surface area contributed by atoms with Gasteiger partial charge in [0.1, 0.15) is 0 Å². The maximum Gasteiger partial charge on any atom is 0.233 e. The van der Waals surface area contributed by atoms with Crippen LogP contribution in [0.25, 0.3) is 0 Å². The van der Waals surface area contributed by atoms with Crippen molar-refractivity contribution in [2.75, 3.05) is 0 Å². The van der Waals surface area contributed by atoms with Crippen LogP contribution in [0.4, 0.5) is 0 Å². The van der Waals surface area contributed by atoms with Crippen LogP contribution in [0.15, 0.2) is 12.2 Å². The first kappa shape index (κ1) is 13.8. The Balaban J connectivity index is 1.57. The minimum absolute atomic E-state index is 0.141. The minimum Gasteiger partial charge on any atom is -0.362 e. The van der Waals surface area contributed by atoms with Crippen molar-refractivity contribution in [3.8, 4) is 0 Å². The van der Waals surface area contributed by atoms with Crippen LogP contribution in [0.1, 0.15) is 51.9 Å². The lowest BCUT2D eigenvalue weighted by Gasteiger charge is -2.27. The van der Waals surface area contributed by atoms with Gasteiger partial charge < -0.3 is 4.74 Å². The Labute approximate surface area is 119 Å². The van der Waals surface area contributed by atoms with E-state index in [1.807, 2.05) is 12.2 Å². The number of ether oxygens (including phenoxy) is 1. The number of nitrogens with one attached hydrogen (secondary N) is 1. The molecule has 0 spiro atoms. The number of rotatable bonds is 7. The minimum atomic E-state index is -0.504. The number of amides is 2. The first-order valence-corrected chi connectivity index (χ1v) is 7.90. The first-order chi connectivity index (χ1) is 9.68. The average molecular weight is 277 g/mol. The second kappa shape index (κ2) is 5.32. The number of imide groups is 1. The zero-order valence-electron chi connectivity index (χ0n) is 12.1. The highest BCUT2D eigenvalue weighted by atomic mass is 16.5. The Morgan fingerprint density at radius 3 is 2.70 bits per heavy atom. The third-order valence-electron chi connectivity index (χ3n) is 4.92. The fourth-order valence-corrected chi connectivity index (χ4v) is 3.90. The van der Waals surface area contributed by atoms with Crippen molar-refractivity contribution in [1.29, 1.82) is 0 Å². The van der Waals surface area contributed by atoms with Crippen LogP contribution < -0.4 is 5.32 Å². The van der Waals surface area contributed by atoms with Gasteiger partial charge in [0, 0.05) is 0 Å². The second-order valence-corrected chi connectivity index (χ2v) is 6.27. The molecule has 0 radical (unpaired) electrons. The molecule has 110 valence electrons. The van der Waals surface area contributed by atoms with E-state index in [2.05, 4.69) is 12.2 Å². The van der Waals surface area contributed by atoms with E-state index in [1.165, 1.54) is 32.1 Å². The van der Waals surface area contributed by atoms with Crippen LogP contribution >= 0.6 is 0 Å². The highest BCUT2D eigenvalue weighted by Gasteiger charge is 2.64. The van der Waals surface area contributed by atoms with Crippen molar-refractivity contribution < 1.29 is 14.3 Å². The van der Waals surface area contributed by atoms with Crippen molar-refractivity contribution in [2.24, 2.45) is 11.8 Å². The van der Waals surface area contributed by atoms with E-state index in [9.17, 15) is 9.59 Å². The molecule has 0 aliphatic carbocycles. The van der Waals surface area contributed by atoms with Crippen LogP contribution in [0.3, 0.4) is 0 Å². The second-order valence-electron chi connectivity index (χ2n) is 6.27. The molecule has 0 unspecified atom stereocenters. The molecule has 4 nitrogen and oxygen atoms in total. The molecule has 0 aromatic carbocycles. The lowest BCUT2D eigenvalue weighted by molar-refractivity contribution is -0.130. The van der Waals surface area contributed by atoms with Gasteiger partial charge in [0.25, 0.3) is 0 Å². The maximum absolute atomic E-state index is 12.0. The number of fused-ring (bicyclic) bond motifs is 5. The normalized spacial score (nSPS) is 37.5. The summed E-state index contributed by atoms with van der Waals surface area (Å²) >= 11 is 0. The number of hydrogen-bond donors (Lipinski definition) is 1. The van der Waals surface area contributed by atoms with Gasteiger partial charge in [0.2, 0.25) is 11.8 Å². The molecule has 3 aliphatic rings. The summed E-state index contributed by atoms with van der Waals surface area (Å²) in [5.41, 5.74) is -0.504. The van der Waals surface area contributed by atoms with Gasteiger partial charge in [-0.3, -0.25) is 14.9 Å². The number of hydrogen-bond acceptors (Lipinski definition) is 3. The molecule has 3 rings (SSSR count). The third kappa shape index (κ3) is 2.10. The molecule has 2 bridgehead atoms. The predicted octanol–water partition coefficient (Wildman–Crippen LogP) is 2.33. The van der Waals surface area contributed by atoms with E-state index >= 15 is 0 Å². The van der Waals surface area contributed by atoms with Gasteiger partial charge in [-0.2, -0.15) is 0 Å². The summed E-state index contributed by atoms with van der Waals surface area (Å²) in [6.45, 7) is 2.21. The SMILES string of the molecule is CCCCCCCC[C@]12C=C[C@H](O1)[C@@H]1C(=O)NC(=O)[C@@H]12. The molecule has 2 saturated heterocycles. The van der Waals surface area contributed by atoms with Crippen molar-refractivity contribution in [3.05, 3.63) is 12.2 Å². The Morgan fingerprint density at radius 2 is 1.90 bits per heavy atom. The van der Waals surface area contributed by atoms with Gasteiger partial charge >= 0.3 is 0 Å². The van der Waals surface area contributed by atoms with Gasteiger partial charge in [0.15, 0.2) is 0 Å². The molecule has 0 aromatic heterocycles. The van der Waals surface area contributed by atoms with Crippen molar-refractivity contribution >= 4 is 11.8 Å². The van der Waals surface area contributed by atoms with Gasteiger partial charge in [-0.25, -0.2) is 0 Å². The van der Waals surface area contributed by atoms with Crippen LogP contribution in [0, 0.1) is 11.8 Å². The van der Waals surface area contributed by atoms with Crippen molar-refractivity contribution in [2.45, 2.75) is 63.6 Å². The highest BCUT2D eigenvalue weighted by Crippen LogP contribution is 2.51. The van der Waals surface area contributed by atoms with E-state index < -0.39 is 5.60 Å². The zero-order valence-corrected chi connectivity index (χ0v) is 12.1. The lowest BCUT2D eigenvalue weighted by Crippen LogP contribution is -2.39. The third-order valence-corrected chi connectivity index (χ3v) is 4.92. The Morgan fingerprint density at radius 1 is 1.15 bits per heavy atom. The molecular weight excluding hydrogens is 254 g/mol. The number of carbonyl (C=O) groups is 2. The molecule has 1 N–H and O–H groups in total. The van der Waals surface area contributed by atoms with E-state index in [1.54, 1.807) is 0 Å². The molecule has 20 heavy (non-hydrogen) atoms. The van der Waals surface area contributed by atoms with E-state index in [0.29, 0.717) is 0 Å². The quantitative estimate of drug-likeness (QED) is 0.441. The van der Waals surface area contributed by atoms with Crippen LogP contribution in [0.2, 0.25) is 0 Å². The maximum atomic E-state index is 12.0. The van der Waals surface area contributed by atoms with Gasteiger partial charge in [-0.15, -0.1) is 0 Å². The Kier molecular flexibility index (Phi) is 3.67. The van der Waals surface area contributed by atoms with E-state index in [0.717, 1.165) is 12.8 Å². The standard InChI is InChI=1S/C16H23NO3/c1-2-3-4-5-6-7-9-16-10-8-11(20-16)12-13(16)15(19)17-14(12)18/h8,10-13H,2-7,9H2,1H3,(H,17,18,19)/t11-,12-,13+,16+/m0/s1. The van der Waals surface area contributed by atoms with E-state index in [-0.39, 0.29) is 29.8 Å². The van der Waals surface area contributed by atoms with Gasteiger partial charge in [-0.05, 0) is 6.42 Å².